The molecule has 0 spiro atoms. The van der Waals surface area contributed by atoms with Gasteiger partial charge in [-0.2, -0.15) is 0 Å². The minimum Gasteiger partial charge on any atom is -0.369 e. The maximum absolute atomic E-state index is 13.7. The molecule has 4 saturated carbocycles. The molecule has 0 heterocycles. The molecule has 0 saturated heterocycles. The molecular formula is C19H24FN3O4S. The first-order valence-electron chi connectivity index (χ1n) is 9.54. The summed E-state index contributed by atoms with van der Waals surface area (Å²) in [7, 11) is -4.12. The van der Waals surface area contributed by atoms with Crippen molar-refractivity contribution < 1.29 is 22.4 Å². The molecule has 4 bridgehead atoms. The third-order valence-electron chi connectivity index (χ3n) is 6.67. The highest BCUT2D eigenvalue weighted by Crippen LogP contribution is 2.59. The summed E-state index contributed by atoms with van der Waals surface area (Å²) in [5, 5.41) is 2.95. The number of benzene rings is 1. The Morgan fingerprint density at radius 1 is 1.14 bits per heavy atom. The van der Waals surface area contributed by atoms with Gasteiger partial charge < -0.3 is 11.1 Å². The van der Waals surface area contributed by atoms with Gasteiger partial charge in [0, 0.05) is 11.5 Å². The number of amides is 2. The van der Waals surface area contributed by atoms with Crippen LogP contribution in [-0.2, 0) is 19.6 Å². The maximum Gasteiger partial charge on any atom is 0.243 e. The van der Waals surface area contributed by atoms with Crippen LogP contribution in [0, 0.1) is 29.0 Å². The SMILES string of the molecule is NC(=O)C12CC3CC(C1)C(NC(=O)CNS(=O)(=O)c1ccccc1F)C(C3)C2. The highest BCUT2D eigenvalue weighted by Gasteiger charge is 2.58. The second-order valence-corrected chi connectivity index (χ2v) is 10.2. The highest BCUT2D eigenvalue weighted by molar-refractivity contribution is 7.89. The Kier molecular flexibility index (Phi) is 4.70. The number of carbonyl (C=O) groups is 2. The van der Waals surface area contributed by atoms with Crippen molar-refractivity contribution in [3.63, 3.8) is 0 Å². The van der Waals surface area contributed by atoms with E-state index in [-0.39, 0.29) is 23.8 Å². The monoisotopic (exact) mass is 409 g/mol. The summed E-state index contributed by atoms with van der Waals surface area (Å²) in [6.07, 6.45) is 4.12. The summed E-state index contributed by atoms with van der Waals surface area (Å²) in [6, 6.07) is 4.94. The van der Waals surface area contributed by atoms with Crippen molar-refractivity contribution in [2.45, 2.75) is 43.0 Å². The molecule has 1 aromatic carbocycles. The summed E-state index contributed by atoms with van der Waals surface area (Å²) in [6.45, 7) is -0.461. The Morgan fingerprint density at radius 3 is 2.39 bits per heavy atom. The van der Waals surface area contributed by atoms with E-state index < -0.39 is 38.6 Å². The molecule has 152 valence electrons. The van der Waals surface area contributed by atoms with Gasteiger partial charge in [0.2, 0.25) is 21.8 Å². The van der Waals surface area contributed by atoms with E-state index in [1.807, 2.05) is 0 Å². The molecular weight excluding hydrogens is 385 g/mol. The zero-order chi connectivity index (χ0) is 20.1. The van der Waals surface area contributed by atoms with Crippen molar-refractivity contribution in [1.29, 1.82) is 0 Å². The van der Waals surface area contributed by atoms with E-state index >= 15 is 0 Å². The Morgan fingerprint density at radius 2 is 1.79 bits per heavy atom. The number of halogens is 1. The van der Waals surface area contributed by atoms with Gasteiger partial charge >= 0.3 is 0 Å². The number of nitrogens with two attached hydrogens (primary N) is 1. The van der Waals surface area contributed by atoms with Crippen LogP contribution in [0.4, 0.5) is 4.39 Å². The number of hydrogen-bond donors (Lipinski definition) is 3. The van der Waals surface area contributed by atoms with Crippen LogP contribution < -0.4 is 15.8 Å². The van der Waals surface area contributed by atoms with E-state index in [2.05, 4.69) is 10.0 Å². The van der Waals surface area contributed by atoms with E-state index in [1.54, 1.807) is 0 Å². The predicted octanol–water partition coefficient (Wildman–Crippen LogP) is 0.900. The van der Waals surface area contributed by atoms with Gasteiger partial charge in [-0.05, 0) is 62.0 Å². The van der Waals surface area contributed by atoms with Gasteiger partial charge in [0.1, 0.15) is 10.7 Å². The van der Waals surface area contributed by atoms with Crippen LogP contribution in [0.5, 0.6) is 0 Å². The number of hydrogen-bond acceptors (Lipinski definition) is 4. The van der Waals surface area contributed by atoms with Gasteiger partial charge in [-0.25, -0.2) is 17.5 Å². The van der Waals surface area contributed by atoms with Gasteiger partial charge in [-0.1, -0.05) is 12.1 Å². The first-order valence-corrected chi connectivity index (χ1v) is 11.0. The van der Waals surface area contributed by atoms with Crippen molar-refractivity contribution >= 4 is 21.8 Å². The molecule has 2 unspecified atom stereocenters. The van der Waals surface area contributed by atoms with Gasteiger partial charge in [0.25, 0.3) is 0 Å². The Hall–Kier alpha value is -2.00. The van der Waals surface area contributed by atoms with Crippen LogP contribution in [0.25, 0.3) is 0 Å². The fraction of sp³-hybridized carbons (Fsp3) is 0.579. The van der Waals surface area contributed by atoms with Gasteiger partial charge in [-0.3, -0.25) is 9.59 Å². The Bertz CT molecular complexity index is 904. The average molecular weight is 409 g/mol. The Labute approximate surface area is 163 Å². The highest BCUT2D eigenvalue weighted by atomic mass is 32.2. The van der Waals surface area contributed by atoms with E-state index in [9.17, 15) is 22.4 Å². The molecule has 9 heteroatoms. The zero-order valence-corrected chi connectivity index (χ0v) is 16.2. The van der Waals surface area contributed by atoms with Gasteiger partial charge in [-0.15, -0.1) is 0 Å². The lowest BCUT2D eigenvalue weighted by molar-refractivity contribution is -0.147. The normalized spacial score (nSPS) is 33.6. The van der Waals surface area contributed by atoms with Gasteiger partial charge in [0.15, 0.2) is 0 Å². The smallest absolute Gasteiger partial charge is 0.243 e. The van der Waals surface area contributed by atoms with Gasteiger partial charge in [0.05, 0.1) is 6.54 Å². The largest absolute Gasteiger partial charge is 0.369 e. The molecule has 0 radical (unpaired) electrons. The van der Waals surface area contributed by atoms with Crippen molar-refractivity contribution in [3.05, 3.63) is 30.1 Å². The van der Waals surface area contributed by atoms with Crippen LogP contribution in [0.3, 0.4) is 0 Å². The number of primary amides is 1. The van der Waals surface area contributed by atoms with Crippen LogP contribution in [-0.4, -0.2) is 32.8 Å². The summed E-state index contributed by atoms with van der Waals surface area (Å²) in [5.41, 5.74) is 5.23. The number of carbonyl (C=O) groups excluding carboxylic acids is 2. The topological polar surface area (TPSA) is 118 Å². The third kappa shape index (κ3) is 3.30. The quantitative estimate of drug-likeness (QED) is 0.647. The van der Waals surface area contributed by atoms with E-state index in [4.69, 9.17) is 5.73 Å². The molecule has 28 heavy (non-hydrogen) atoms. The standard InChI is InChI=1S/C19H24FN3O4S/c20-14-3-1-2-4-15(14)28(26,27)22-10-16(24)23-17-12-5-11-6-13(17)9-19(7-11,8-12)18(21)25/h1-4,11-13,17,22H,5-10H2,(H2,21,25)(H,23,24). The molecule has 2 atom stereocenters. The van der Waals surface area contributed by atoms with Crippen molar-refractivity contribution in [2.75, 3.05) is 6.54 Å². The maximum atomic E-state index is 13.7. The first-order chi connectivity index (χ1) is 13.2. The molecule has 5 rings (SSSR count). The van der Waals surface area contributed by atoms with Crippen molar-refractivity contribution in [3.8, 4) is 0 Å². The minimum atomic E-state index is -4.12. The second kappa shape index (κ2) is 6.81. The molecule has 4 aliphatic rings. The summed E-state index contributed by atoms with van der Waals surface area (Å²) >= 11 is 0. The fourth-order valence-electron chi connectivity index (χ4n) is 5.70. The van der Waals surface area contributed by atoms with E-state index in [0.717, 1.165) is 31.4 Å². The van der Waals surface area contributed by atoms with E-state index in [0.29, 0.717) is 18.8 Å². The lowest BCUT2D eigenvalue weighted by Gasteiger charge is -2.58. The molecule has 7 nitrogen and oxygen atoms in total. The molecule has 4 aliphatic carbocycles. The molecule has 1 aromatic rings. The number of sulfonamides is 1. The predicted molar refractivity (Wildman–Crippen MR) is 98.7 cm³/mol. The molecule has 0 aliphatic heterocycles. The third-order valence-corrected chi connectivity index (χ3v) is 8.11. The zero-order valence-electron chi connectivity index (χ0n) is 15.4. The van der Waals surface area contributed by atoms with Crippen molar-refractivity contribution in [1.82, 2.24) is 10.0 Å². The Balaban J connectivity index is 1.39. The lowest BCUT2D eigenvalue weighted by atomic mass is 9.47. The van der Waals surface area contributed by atoms with Crippen molar-refractivity contribution in [2.24, 2.45) is 28.9 Å². The molecule has 2 amide bonds. The summed E-state index contributed by atoms with van der Waals surface area (Å²) in [5.74, 6) is -0.720. The molecule has 4 fully saturated rings. The number of nitrogens with one attached hydrogen (secondary N) is 2. The average Bonchev–Trinajstić information content (AvgIpc) is 2.63. The number of rotatable bonds is 6. The lowest BCUT2D eigenvalue weighted by Crippen LogP contribution is -2.62. The fourth-order valence-corrected chi connectivity index (χ4v) is 6.76. The molecule has 4 N–H and O–H groups in total. The summed E-state index contributed by atoms with van der Waals surface area (Å²) in [4.78, 5) is 23.9. The van der Waals surface area contributed by atoms with Crippen LogP contribution in [0.2, 0.25) is 0 Å². The first kappa shape index (κ1) is 19.3. The minimum absolute atomic E-state index is 0.0745. The van der Waals surface area contributed by atoms with Crippen LogP contribution in [0.15, 0.2) is 29.2 Å². The van der Waals surface area contributed by atoms with Crippen LogP contribution in [0.1, 0.15) is 32.1 Å². The van der Waals surface area contributed by atoms with E-state index in [1.165, 1.54) is 12.1 Å². The summed E-state index contributed by atoms with van der Waals surface area (Å²) < 4.78 is 40.3. The van der Waals surface area contributed by atoms with Crippen LogP contribution >= 0.6 is 0 Å². The molecule has 0 aromatic heterocycles. The second-order valence-electron chi connectivity index (χ2n) is 8.46.